The Morgan fingerprint density at radius 3 is 2.64 bits per heavy atom. The predicted octanol–water partition coefficient (Wildman–Crippen LogP) is 5.98. The van der Waals surface area contributed by atoms with Crippen molar-refractivity contribution in [2.45, 2.75) is 0 Å². The molecule has 110 valence electrons. The molecule has 0 radical (unpaired) electrons. The molecule has 0 spiro atoms. The van der Waals surface area contributed by atoms with Gasteiger partial charge in [-0.2, -0.15) is 0 Å². The summed E-state index contributed by atoms with van der Waals surface area (Å²) in [6.07, 6.45) is 3.51. The summed E-state index contributed by atoms with van der Waals surface area (Å²) in [5, 5.41) is 9.19. The van der Waals surface area contributed by atoms with E-state index in [2.05, 4.69) is 26.1 Å². The average Bonchev–Trinajstić information content (AvgIpc) is 2.95. The molecule has 0 fully saturated rings. The molecule has 0 aliphatic carbocycles. The third kappa shape index (κ3) is 3.58. The molecule has 2 aromatic carbocycles. The van der Waals surface area contributed by atoms with Crippen molar-refractivity contribution in [2.24, 2.45) is 0 Å². The fraction of sp³-hybridized carbons (Fsp3) is 0. The largest absolute Gasteiger partial charge is 0.417 e. The first-order valence-electron chi connectivity index (χ1n) is 6.34. The zero-order valence-corrected chi connectivity index (χ0v) is 14.2. The molecule has 3 rings (SSSR count). The topological polar surface area (TPSA) is 38.9 Å². The van der Waals surface area contributed by atoms with Gasteiger partial charge in [-0.1, -0.05) is 51.3 Å². The van der Waals surface area contributed by atoms with Crippen LogP contribution in [0.5, 0.6) is 0 Å². The molecule has 0 N–H and O–H groups in total. The van der Waals surface area contributed by atoms with Crippen LogP contribution in [-0.4, -0.2) is 10.2 Å². The smallest absolute Gasteiger partial charge is 0.248 e. The third-order valence-corrected chi connectivity index (χ3v) is 3.94. The Labute approximate surface area is 145 Å². The first-order chi connectivity index (χ1) is 10.6. The number of aromatic nitrogens is 2. The Bertz CT molecular complexity index is 846. The van der Waals surface area contributed by atoms with Crippen molar-refractivity contribution in [3.05, 3.63) is 68.4 Å². The molecule has 0 atom stereocenters. The van der Waals surface area contributed by atoms with Gasteiger partial charge < -0.3 is 4.42 Å². The van der Waals surface area contributed by atoms with E-state index >= 15 is 0 Å². The molecule has 3 nitrogen and oxygen atoms in total. The van der Waals surface area contributed by atoms with Gasteiger partial charge in [-0.05, 0) is 42.0 Å². The summed E-state index contributed by atoms with van der Waals surface area (Å²) in [6, 6.07) is 12.9. The zero-order valence-electron chi connectivity index (χ0n) is 11.1. The highest BCUT2D eigenvalue weighted by atomic mass is 79.9. The first-order valence-corrected chi connectivity index (χ1v) is 7.89. The fourth-order valence-corrected chi connectivity index (χ4v) is 2.71. The summed E-state index contributed by atoms with van der Waals surface area (Å²) >= 11 is 15.4. The lowest BCUT2D eigenvalue weighted by Gasteiger charge is -1.97. The van der Waals surface area contributed by atoms with E-state index < -0.39 is 0 Å². The number of nitrogens with zero attached hydrogens (tertiary/aromatic N) is 2. The van der Waals surface area contributed by atoms with E-state index in [0.29, 0.717) is 21.8 Å². The molecule has 3 aromatic rings. The van der Waals surface area contributed by atoms with E-state index in [4.69, 9.17) is 27.6 Å². The van der Waals surface area contributed by atoms with Crippen molar-refractivity contribution in [1.82, 2.24) is 10.2 Å². The van der Waals surface area contributed by atoms with Gasteiger partial charge in [-0.25, -0.2) is 0 Å². The lowest BCUT2D eigenvalue weighted by molar-refractivity contribution is 0.558. The Balaban J connectivity index is 1.83. The highest BCUT2D eigenvalue weighted by molar-refractivity contribution is 9.10. The second kappa shape index (κ2) is 6.65. The number of benzene rings is 2. The molecule has 0 unspecified atom stereocenters. The summed E-state index contributed by atoms with van der Waals surface area (Å²) in [5.74, 6) is 0.865. The lowest BCUT2D eigenvalue weighted by Crippen LogP contribution is -1.77. The summed E-state index contributed by atoms with van der Waals surface area (Å²) in [4.78, 5) is 0. The Morgan fingerprint density at radius 1 is 1.00 bits per heavy atom. The van der Waals surface area contributed by atoms with E-state index in [0.717, 1.165) is 15.6 Å². The van der Waals surface area contributed by atoms with Crippen molar-refractivity contribution in [2.75, 3.05) is 0 Å². The van der Waals surface area contributed by atoms with Crippen LogP contribution in [0.15, 0.2) is 51.4 Å². The van der Waals surface area contributed by atoms with Crippen LogP contribution in [-0.2, 0) is 0 Å². The predicted molar refractivity (Wildman–Crippen MR) is 92.8 cm³/mol. The minimum Gasteiger partial charge on any atom is -0.417 e. The maximum atomic E-state index is 6.11. The van der Waals surface area contributed by atoms with Crippen LogP contribution in [0.3, 0.4) is 0 Å². The molecular weight excluding hydrogens is 387 g/mol. The second-order valence-electron chi connectivity index (χ2n) is 4.45. The summed E-state index contributed by atoms with van der Waals surface area (Å²) in [6.45, 7) is 0. The monoisotopic (exact) mass is 394 g/mol. The van der Waals surface area contributed by atoms with E-state index in [1.807, 2.05) is 30.3 Å². The van der Waals surface area contributed by atoms with Gasteiger partial charge in [-0.15, -0.1) is 10.2 Å². The van der Waals surface area contributed by atoms with Crippen molar-refractivity contribution in [3.63, 3.8) is 0 Å². The number of hydrogen-bond acceptors (Lipinski definition) is 3. The first kappa shape index (κ1) is 15.3. The minimum atomic E-state index is 0.404. The van der Waals surface area contributed by atoms with Crippen molar-refractivity contribution in [3.8, 4) is 11.5 Å². The summed E-state index contributed by atoms with van der Waals surface area (Å²) < 4.78 is 6.56. The van der Waals surface area contributed by atoms with Crippen molar-refractivity contribution < 1.29 is 4.42 Å². The highest BCUT2D eigenvalue weighted by Crippen LogP contribution is 2.24. The van der Waals surface area contributed by atoms with Crippen molar-refractivity contribution in [1.29, 1.82) is 0 Å². The Hall–Kier alpha value is -1.62. The molecule has 6 heteroatoms. The molecule has 0 saturated carbocycles. The summed E-state index contributed by atoms with van der Waals surface area (Å²) in [7, 11) is 0. The molecular formula is C16H9BrCl2N2O. The van der Waals surface area contributed by atoms with E-state index in [1.54, 1.807) is 24.3 Å². The standard InChI is InChI=1S/C16H9BrCl2N2O/c17-12-3-1-2-11(8-12)16-21-20-15(22-16)7-5-10-4-6-13(18)9-14(10)19/h1-9H/b7-5+. The molecule has 0 aliphatic heterocycles. The molecule has 22 heavy (non-hydrogen) atoms. The summed E-state index contributed by atoms with van der Waals surface area (Å²) in [5.41, 5.74) is 1.68. The van der Waals surface area contributed by atoms with Crippen LogP contribution in [0.2, 0.25) is 10.0 Å². The van der Waals surface area contributed by atoms with Gasteiger partial charge >= 0.3 is 0 Å². The van der Waals surface area contributed by atoms with Gasteiger partial charge in [0.1, 0.15) is 0 Å². The van der Waals surface area contributed by atoms with E-state index in [1.165, 1.54) is 0 Å². The average molecular weight is 396 g/mol. The van der Waals surface area contributed by atoms with Gasteiger partial charge in [0.2, 0.25) is 11.8 Å². The molecule has 0 aliphatic rings. The van der Waals surface area contributed by atoms with Gasteiger partial charge in [0.15, 0.2) is 0 Å². The molecule has 1 heterocycles. The zero-order chi connectivity index (χ0) is 15.5. The fourth-order valence-electron chi connectivity index (χ4n) is 1.84. The molecule has 0 saturated heterocycles. The van der Waals surface area contributed by atoms with Crippen LogP contribution in [0, 0.1) is 0 Å². The van der Waals surface area contributed by atoms with Crippen LogP contribution in [0.4, 0.5) is 0 Å². The van der Waals surface area contributed by atoms with Gasteiger partial charge in [0.05, 0.1) is 0 Å². The lowest BCUT2D eigenvalue weighted by atomic mass is 10.2. The second-order valence-corrected chi connectivity index (χ2v) is 6.21. The van der Waals surface area contributed by atoms with Crippen molar-refractivity contribution >= 4 is 51.3 Å². The van der Waals surface area contributed by atoms with Crippen LogP contribution >= 0.6 is 39.1 Å². The van der Waals surface area contributed by atoms with Crippen LogP contribution in [0.1, 0.15) is 11.5 Å². The molecule has 0 amide bonds. The van der Waals surface area contributed by atoms with Gasteiger partial charge in [0.25, 0.3) is 0 Å². The molecule has 0 bridgehead atoms. The van der Waals surface area contributed by atoms with Crippen LogP contribution < -0.4 is 0 Å². The SMILES string of the molecule is Clc1ccc(/C=C/c2nnc(-c3cccc(Br)c3)o2)c(Cl)c1. The number of rotatable bonds is 3. The maximum Gasteiger partial charge on any atom is 0.248 e. The van der Waals surface area contributed by atoms with Gasteiger partial charge in [-0.3, -0.25) is 0 Å². The van der Waals surface area contributed by atoms with Crippen LogP contribution in [0.25, 0.3) is 23.6 Å². The number of hydrogen-bond donors (Lipinski definition) is 0. The van der Waals surface area contributed by atoms with E-state index in [9.17, 15) is 0 Å². The Morgan fingerprint density at radius 2 is 1.86 bits per heavy atom. The highest BCUT2D eigenvalue weighted by Gasteiger charge is 2.07. The van der Waals surface area contributed by atoms with E-state index in [-0.39, 0.29) is 0 Å². The van der Waals surface area contributed by atoms with Gasteiger partial charge in [0, 0.05) is 26.2 Å². The third-order valence-electron chi connectivity index (χ3n) is 2.88. The molecule has 1 aromatic heterocycles. The Kier molecular flexibility index (Phi) is 4.62. The normalized spacial score (nSPS) is 11.2. The quantitative estimate of drug-likeness (QED) is 0.547. The maximum absolute atomic E-state index is 6.11. The number of halogens is 3. The minimum absolute atomic E-state index is 0.404.